The molecule has 0 fully saturated rings. The van der Waals surface area contributed by atoms with Crippen molar-refractivity contribution in [3.63, 3.8) is 0 Å². The normalized spacial score (nSPS) is 11.9. The van der Waals surface area contributed by atoms with Crippen molar-refractivity contribution >= 4 is 37.5 Å². The van der Waals surface area contributed by atoms with Crippen molar-refractivity contribution in [2.45, 2.75) is 24.7 Å². The number of hydrogen-bond donors (Lipinski definition) is 1. The van der Waals surface area contributed by atoms with Gasteiger partial charge in [0.2, 0.25) is 0 Å². The lowest BCUT2D eigenvalue weighted by atomic mass is 10.0. The summed E-state index contributed by atoms with van der Waals surface area (Å²) in [7, 11) is -3.17. The summed E-state index contributed by atoms with van der Waals surface area (Å²) >= 11 is 0. The number of nitrogens with two attached hydrogens (primary N) is 1. The molecule has 0 amide bonds. The summed E-state index contributed by atoms with van der Waals surface area (Å²) in [5.74, 6) is 0.441. The fourth-order valence-corrected chi connectivity index (χ4v) is 4.02. The molecule has 6 heteroatoms. The largest absolute Gasteiger partial charge is 0.382 e. The molecule has 0 saturated carbocycles. The average molecular weight is 391 g/mol. The number of fused-ring (bicyclic) bond motifs is 3. The Morgan fingerprint density at radius 2 is 1.64 bits per heavy atom. The molecule has 4 rings (SSSR count). The van der Waals surface area contributed by atoms with Gasteiger partial charge in [0.15, 0.2) is 15.7 Å². The second-order valence-corrected chi connectivity index (χ2v) is 9.19. The van der Waals surface area contributed by atoms with Crippen LogP contribution in [0.4, 0.5) is 5.82 Å². The second-order valence-electron chi connectivity index (χ2n) is 7.17. The van der Waals surface area contributed by atoms with Crippen LogP contribution in [0.5, 0.6) is 0 Å². The molecule has 0 aliphatic carbocycles. The van der Waals surface area contributed by atoms with Crippen molar-refractivity contribution in [2.24, 2.45) is 0 Å². The van der Waals surface area contributed by atoms with Gasteiger partial charge < -0.3 is 5.73 Å². The minimum Gasteiger partial charge on any atom is -0.382 e. The maximum atomic E-state index is 11.6. The first kappa shape index (κ1) is 18.4. The summed E-state index contributed by atoms with van der Waals surface area (Å²) in [4.78, 5) is 9.37. The maximum absolute atomic E-state index is 11.6. The lowest BCUT2D eigenvalue weighted by Gasteiger charge is -2.09. The van der Waals surface area contributed by atoms with E-state index in [0.29, 0.717) is 10.7 Å². The predicted octanol–water partition coefficient (Wildman–Crippen LogP) is 3.86. The summed E-state index contributed by atoms with van der Waals surface area (Å²) in [6, 6.07) is 15.3. The van der Waals surface area contributed by atoms with E-state index >= 15 is 0 Å². The third-order valence-electron chi connectivity index (χ3n) is 4.93. The van der Waals surface area contributed by atoms with Crippen molar-refractivity contribution in [3.8, 4) is 0 Å². The van der Waals surface area contributed by atoms with E-state index in [1.165, 1.54) is 6.26 Å². The highest BCUT2D eigenvalue weighted by molar-refractivity contribution is 7.90. The molecule has 0 aliphatic rings. The number of anilines is 1. The van der Waals surface area contributed by atoms with Gasteiger partial charge in [-0.15, -0.1) is 0 Å². The van der Waals surface area contributed by atoms with Gasteiger partial charge in [-0.2, -0.15) is 0 Å². The molecule has 4 aromatic rings. The zero-order valence-corrected chi connectivity index (χ0v) is 16.6. The Labute approximate surface area is 164 Å². The Hall–Kier alpha value is -2.99. The summed E-state index contributed by atoms with van der Waals surface area (Å²) < 4.78 is 23.2. The zero-order valence-electron chi connectivity index (χ0n) is 15.8. The van der Waals surface area contributed by atoms with Crippen LogP contribution in [0, 0.1) is 6.92 Å². The standard InChI is InChI=1S/C22H21N3O2S/c1-14-3-10-18-19-12-16(13-24-21(19)22(23)25-20(18)11-14)5-4-15-6-8-17(9-7-15)28(2,26)27/h3,6-13H,4-5H2,1-2H3,(H2,23,25). The number of aromatic nitrogens is 2. The Kier molecular flexibility index (Phi) is 4.51. The topological polar surface area (TPSA) is 85.9 Å². The molecule has 28 heavy (non-hydrogen) atoms. The Balaban J connectivity index is 1.65. The second kappa shape index (κ2) is 6.87. The third kappa shape index (κ3) is 3.55. The van der Waals surface area contributed by atoms with E-state index in [4.69, 9.17) is 5.73 Å². The number of nitrogens with zero attached hydrogens (tertiary/aromatic N) is 2. The first-order valence-electron chi connectivity index (χ1n) is 9.05. The van der Waals surface area contributed by atoms with Crippen LogP contribution in [-0.4, -0.2) is 24.6 Å². The monoisotopic (exact) mass is 391 g/mol. The van der Waals surface area contributed by atoms with Gasteiger partial charge in [-0.25, -0.2) is 13.4 Å². The SMILES string of the molecule is Cc1ccc2c(c1)nc(N)c1ncc(CCc3ccc(S(C)(=O)=O)cc3)cc12. The van der Waals surface area contributed by atoms with E-state index in [1.54, 1.807) is 12.1 Å². The van der Waals surface area contributed by atoms with Gasteiger partial charge >= 0.3 is 0 Å². The highest BCUT2D eigenvalue weighted by Gasteiger charge is 2.10. The molecule has 0 atom stereocenters. The first-order chi connectivity index (χ1) is 13.3. The van der Waals surface area contributed by atoms with Gasteiger partial charge in [0.1, 0.15) is 5.52 Å². The van der Waals surface area contributed by atoms with Crippen molar-refractivity contribution in [1.82, 2.24) is 9.97 Å². The summed E-state index contributed by atoms with van der Waals surface area (Å²) in [5.41, 5.74) is 11.0. The zero-order chi connectivity index (χ0) is 19.9. The third-order valence-corrected chi connectivity index (χ3v) is 6.05. The van der Waals surface area contributed by atoms with Crippen LogP contribution in [0.3, 0.4) is 0 Å². The minimum absolute atomic E-state index is 0.341. The molecule has 142 valence electrons. The number of sulfone groups is 1. The van der Waals surface area contributed by atoms with E-state index in [0.717, 1.165) is 51.3 Å². The predicted molar refractivity (Wildman–Crippen MR) is 113 cm³/mol. The number of aryl methyl sites for hydroxylation is 3. The van der Waals surface area contributed by atoms with Crippen molar-refractivity contribution in [1.29, 1.82) is 0 Å². The molecule has 0 aliphatic heterocycles. The van der Waals surface area contributed by atoms with Crippen molar-refractivity contribution in [3.05, 3.63) is 71.4 Å². The lowest BCUT2D eigenvalue weighted by molar-refractivity contribution is 0.602. The molecule has 2 heterocycles. The van der Waals surface area contributed by atoms with E-state index in [9.17, 15) is 8.42 Å². The van der Waals surface area contributed by atoms with Crippen LogP contribution >= 0.6 is 0 Å². The Morgan fingerprint density at radius 1 is 0.929 bits per heavy atom. The van der Waals surface area contributed by atoms with E-state index in [-0.39, 0.29) is 0 Å². The van der Waals surface area contributed by atoms with Crippen LogP contribution < -0.4 is 5.73 Å². The number of nitrogen functional groups attached to an aromatic ring is 1. The fraction of sp³-hybridized carbons (Fsp3) is 0.182. The molecule has 0 unspecified atom stereocenters. The van der Waals surface area contributed by atoms with Gasteiger partial charge in [-0.05, 0) is 60.7 Å². The van der Waals surface area contributed by atoms with Crippen LogP contribution in [0.1, 0.15) is 16.7 Å². The quantitative estimate of drug-likeness (QED) is 0.534. The van der Waals surface area contributed by atoms with E-state index < -0.39 is 9.84 Å². The molecular formula is C22H21N3O2S. The molecule has 0 spiro atoms. The number of hydrogen-bond acceptors (Lipinski definition) is 5. The van der Waals surface area contributed by atoms with Crippen LogP contribution in [0.15, 0.2) is 59.6 Å². The minimum atomic E-state index is -3.17. The number of pyridine rings is 2. The lowest BCUT2D eigenvalue weighted by Crippen LogP contribution is -1.99. The van der Waals surface area contributed by atoms with Gasteiger partial charge in [0.25, 0.3) is 0 Å². The summed E-state index contributed by atoms with van der Waals surface area (Å²) in [5, 5.41) is 2.05. The Bertz CT molecular complexity index is 1300. The molecular weight excluding hydrogens is 370 g/mol. The van der Waals surface area contributed by atoms with Gasteiger partial charge in [-0.1, -0.05) is 24.3 Å². The molecule has 2 aromatic heterocycles. The highest BCUT2D eigenvalue weighted by Crippen LogP contribution is 2.28. The van der Waals surface area contributed by atoms with E-state index in [1.807, 2.05) is 31.3 Å². The van der Waals surface area contributed by atoms with Crippen LogP contribution in [0.25, 0.3) is 21.8 Å². The number of benzene rings is 2. The van der Waals surface area contributed by atoms with Gasteiger partial charge in [-0.3, -0.25) is 4.98 Å². The Morgan fingerprint density at radius 3 is 2.36 bits per heavy atom. The van der Waals surface area contributed by atoms with E-state index in [2.05, 4.69) is 28.2 Å². The van der Waals surface area contributed by atoms with Crippen LogP contribution in [0.2, 0.25) is 0 Å². The average Bonchev–Trinajstić information content (AvgIpc) is 2.65. The molecule has 2 N–H and O–H groups in total. The van der Waals surface area contributed by atoms with Crippen LogP contribution in [-0.2, 0) is 22.7 Å². The smallest absolute Gasteiger partial charge is 0.175 e. The summed E-state index contributed by atoms with van der Waals surface area (Å²) in [6.07, 6.45) is 4.66. The fourth-order valence-electron chi connectivity index (χ4n) is 3.39. The van der Waals surface area contributed by atoms with Gasteiger partial charge in [0.05, 0.1) is 10.4 Å². The number of rotatable bonds is 4. The molecule has 0 saturated heterocycles. The highest BCUT2D eigenvalue weighted by atomic mass is 32.2. The molecule has 2 aromatic carbocycles. The molecule has 0 radical (unpaired) electrons. The van der Waals surface area contributed by atoms with Gasteiger partial charge in [0, 0.05) is 23.2 Å². The molecule has 5 nitrogen and oxygen atoms in total. The van der Waals surface area contributed by atoms with Crippen molar-refractivity contribution < 1.29 is 8.42 Å². The molecule has 0 bridgehead atoms. The maximum Gasteiger partial charge on any atom is 0.175 e. The van der Waals surface area contributed by atoms with Crippen molar-refractivity contribution in [2.75, 3.05) is 12.0 Å². The first-order valence-corrected chi connectivity index (χ1v) is 10.9. The summed E-state index contributed by atoms with van der Waals surface area (Å²) in [6.45, 7) is 2.03.